The van der Waals surface area contributed by atoms with Crippen LogP contribution in [0.4, 0.5) is 0 Å². The van der Waals surface area contributed by atoms with Crippen LogP contribution in [-0.4, -0.2) is 17.2 Å². The summed E-state index contributed by atoms with van der Waals surface area (Å²) in [5, 5.41) is 9.24. The van der Waals surface area contributed by atoms with Gasteiger partial charge in [0.25, 0.3) is 0 Å². The van der Waals surface area contributed by atoms with E-state index in [1.807, 2.05) is 49.4 Å². The molecule has 98 valence electrons. The van der Waals surface area contributed by atoms with Crippen molar-refractivity contribution in [2.45, 2.75) is 19.4 Å². The standard InChI is InChI=1S/C16H16O3/c1-12-6-5-7-13(10-12)11-15(16(17)18)19-14-8-3-2-4-9-14/h2-10,15H,11H2,1H3,(H,17,18)/t15-/m0/s1. The Morgan fingerprint density at radius 2 is 1.89 bits per heavy atom. The van der Waals surface area contributed by atoms with Gasteiger partial charge in [-0.15, -0.1) is 0 Å². The molecule has 0 aliphatic heterocycles. The van der Waals surface area contributed by atoms with Crippen LogP contribution >= 0.6 is 0 Å². The molecule has 2 aromatic carbocycles. The molecule has 0 saturated heterocycles. The van der Waals surface area contributed by atoms with Gasteiger partial charge in [-0.25, -0.2) is 4.79 Å². The highest BCUT2D eigenvalue weighted by molar-refractivity contribution is 5.73. The predicted molar refractivity (Wildman–Crippen MR) is 73.4 cm³/mol. The lowest BCUT2D eigenvalue weighted by Gasteiger charge is -2.15. The van der Waals surface area contributed by atoms with Crippen LogP contribution in [0.3, 0.4) is 0 Å². The third kappa shape index (κ3) is 3.85. The quantitative estimate of drug-likeness (QED) is 0.894. The molecule has 0 spiro atoms. The van der Waals surface area contributed by atoms with Gasteiger partial charge in [-0.3, -0.25) is 0 Å². The maximum Gasteiger partial charge on any atom is 0.345 e. The van der Waals surface area contributed by atoms with E-state index in [2.05, 4.69) is 0 Å². The zero-order valence-electron chi connectivity index (χ0n) is 10.7. The number of hydrogen-bond acceptors (Lipinski definition) is 2. The van der Waals surface area contributed by atoms with Crippen molar-refractivity contribution in [1.29, 1.82) is 0 Å². The zero-order valence-corrected chi connectivity index (χ0v) is 10.7. The minimum Gasteiger partial charge on any atom is -0.478 e. The molecule has 0 aliphatic rings. The minimum absolute atomic E-state index is 0.353. The Hall–Kier alpha value is -2.29. The molecule has 0 aromatic heterocycles. The molecular formula is C16H16O3. The molecule has 0 saturated carbocycles. The van der Waals surface area contributed by atoms with Gasteiger partial charge in [0.1, 0.15) is 5.75 Å². The van der Waals surface area contributed by atoms with E-state index in [0.717, 1.165) is 11.1 Å². The number of carboxylic acids is 1. The summed E-state index contributed by atoms with van der Waals surface area (Å²) < 4.78 is 5.52. The molecule has 0 unspecified atom stereocenters. The van der Waals surface area contributed by atoms with E-state index in [0.29, 0.717) is 12.2 Å². The first-order chi connectivity index (χ1) is 9.15. The number of aryl methyl sites for hydroxylation is 1. The minimum atomic E-state index is -0.953. The topological polar surface area (TPSA) is 46.5 Å². The molecule has 0 aliphatic carbocycles. The van der Waals surface area contributed by atoms with Crippen molar-refractivity contribution in [2.75, 3.05) is 0 Å². The van der Waals surface area contributed by atoms with Gasteiger partial charge in [0.05, 0.1) is 0 Å². The Morgan fingerprint density at radius 1 is 1.16 bits per heavy atom. The fourth-order valence-electron chi connectivity index (χ4n) is 1.90. The van der Waals surface area contributed by atoms with Crippen molar-refractivity contribution in [3.8, 4) is 5.75 Å². The lowest BCUT2D eigenvalue weighted by molar-refractivity contribution is -0.145. The summed E-state index contributed by atoms with van der Waals surface area (Å²) in [5.74, 6) is -0.382. The maximum absolute atomic E-state index is 11.3. The Kier molecular flexibility index (Phi) is 4.18. The molecule has 0 bridgehead atoms. The van der Waals surface area contributed by atoms with Gasteiger partial charge < -0.3 is 9.84 Å². The summed E-state index contributed by atoms with van der Waals surface area (Å²) in [6.07, 6.45) is -0.518. The first-order valence-electron chi connectivity index (χ1n) is 6.15. The Labute approximate surface area is 112 Å². The van der Waals surface area contributed by atoms with Crippen LogP contribution in [0.25, 0.3) is 0 Å². The monoisotopic (exact) mass is 256 g/mol. The summed E-state index contributed by atoms with van der Waals surface area (Å²) in [5.41, 5.74) is 2.07. The summed E-state index contributed by atoms with van der Waals surface area (Å²) in [4.78, 5) is 11.3. The first kappa shape index (κ1) is 13.1. The third-order valence-corrected chi connectivity index (χ3v) is 2.80. The number of carboxylic acid groups (broad SMARTS) is 1. The smallest absolute Gasteiger partial charge is 0.345 e. The Bertz CT molecular complexity index is 549. The molecule has 2 rings (SSSR count). The lowest BCUT2D eigenvalue weighted by Crippen LogP contribution is -2.29. The highest BCUT2D eigenvalue weighted by Crippen LogP contribution is 2.15. The van der Waals surface area contributed by atoms with E-state index < -0.39 is 12.1 Å². The SMILES string of the molecule is Cc1cccc(C[C@H](Oc2ccccc2)C(=O)O)c1. The van der Waals surface area contributed by atoms with Crippen molar-refractivity contribution < 1.29 is 14.6 Å². The zero-order chi connectivity index (χ0) is 13.7. The number of hydrogen-bond donors (Lipinski definition) is 1. The van der Waals surface area contributed by atoms with E-state index in [1.165, 1.54) is 0 Å². The molecule has 3 nitrogen and oxygen atoms in total. The highest BCUT2D eigenvalue weighted by Gasteiger charge is 2.19. The van der Waals surface area contributed by atoms with E-state index >= 15 is 0 Å². The van der Waals surface area contributed by atoms with Crippen LogP contribution in [0.2, 0.25) is 0 Å². The third-order valence-electron chi connectivity index (χ3n) is 2.80. The van der Waals surface area contributed by atoms with E-state index in [1.54, 1.807) is 12.1 Å². The number of para-hydroxylation sites is 1. The maximum atomic E-state index is 11.3. The second-order valence-corrected chi connectivity index (χ2v) is 4.45. The van der Waals surface area contributed by atoms with Crippen LogP contribution in [0.15, 0.2) is 54.6 Å². The Morgan fingerprint density at radius 3 is 2.53 bits per heavy atom. The van der Waals surface area contributed by atoms with E-state index in [9.17, 15) is 9.90 Å². The summed E-state index contributed by atoms with van der Waals surface area (Å²) in [6, 6.07) is 16.8. The predicted octanol–water partition coefficient (Wildman–Crippen LogP) is 3.07. The van der Waals surface area contributed by atoms with Crippen molar-refractivity contribution in [3.05, 3.63) is 65.7 Å². The van der Waals surface area contributed by atoms with Crippen LogP contribution < -0.4 is 4.74 Å². The van der Waals surface area contributed by atoms with Crippen LogP contribution in [0.1, 0.15) is 11.1 Å². The fourth-order valence-corrected chi connectivity index (χ4v) is 1.90. The van der Waals surface area contributed by atoms with Crippen molar-refractivity contribution in [1.82, 2.24) is 0 Å². The molecule has 1 atom stereocenters. The molecule has 0 amide bonds. The first-order valence-corrected chi connectivity index (χ1v) is 6.15. The second-order valence-electron chi connectivity index (χ2n) is 4.45. The number of carbonyl (C=O) groups is 1. The molecule has 0 radical (unpaired) electrons. The van der Waals surface area contributed by atoms with Crippen molar-refractivity contribution in [2.24, 2.45) is 0 Å². The van der Waals surface area contributed by atoms with Crippen molar-refractivity contribution in [3.63, 3.8) is 0 Å². The summed E-state index contributed by atoms with van der Waals surface area (Å²) in [7, 11) is 0. The lowest BCUT2D eigenvalue weighted by atomic mass is 10.1. The largest absolute Gasteiger partial charge is 0.478 e. The molecule has 2 aromatic rings. The summed E-state index contributed by atoms with van der Waals surface area (Å²) >= 11 is 0. The second kappa shape index (κ2) is 6.05. The van der Waals surface area contributed by atoms with E-state index in [-0.39, 0.29) is 0 Å². The average Bonchev–Trinajstić information content (AvgIpc) is 2.39. The molecular weight excluding hydrogens is 240 g/mol. The normalized spacial score (nSPS) is 11.8. The van der Waals surface area contributed by atoms with Gasteiger partial charge in [0, 0.05) is 6.42 Å². The number of ether oxygens (including phenoxy) is 1. The van der Waals surface area contributed by atoms with Crippen LogP contribution in [0, 0.1) is 6.92 Å². The molecule has 1 N–H and O–H groups in total. The van der Waals surface area contributed by atoms with Gasteiger partial charge in [0.15, 0.2) is 6.10 Å². The number of benzene rings is 2. The fraction of sp³-hybridized carbons (Fsp3) is 0.188. The van der Waals surface area contributed by atoms with Crippen LogP contribution in [0.5, 0.6) is 5.75 Å². The van der Waals surface area contributed by atoms with Gasteiger partial charge in [-0.05, 0) is 24.6 Å². The number of aliphatic carboxylic acids is 1. The number of rotatable bonds is 5. The van der Waals surface area contributed by atoms with Gasteiger partial charge in [0.2, 0.25) is 0 Å². The molecule has 0 fully saturated rings. The summed E-state index contributed by atoms with van der Waals surface area (Å²) in [6.45, 7) is 1.98. The highest BCUT2D eigenvalue weighted by atomic mass is 16.5. The average molecular weight is 256 g/mol. The molecule has 0 heterocycles. The molecule has 19 heavy (non-hydrogen) atoms. The van der Waals surface area contributed by atoms with E-state index in [4.69, 9.17) is 4.74 Å². The van der Waals surface area contributed by atoms with Gasteiger partial charge >= 0.3 is 5.97 Å². The Balaban J connectivity index is 2.11. The van der Waals surface area contributed by atoms with Crippen LogP contribution in [-0.2, 0) is 11.2 Å². The van der Waals surface area contributed by atoms with Gasteiger partial charge in [-0.1, -0.05) is 48.0 Å². The molecule has 3 heteroatoms. The van der Waals surface area contributed by atoms with Gasteiger partial charge in [-0.2, -0.15) is 0 Å². The van der Waals surface area contributed by atoms with Crippen molar-refractivity contribution >= 4 is 5.97 Å².